The summed E-state index contributed by atoms with van der Waals surface area (Å²) in [5.41, 5.74) is 2.07. The van der Waals surface area contributed by atoms with E-state index in [-0.39, 0.29) is 5.91 Å². The SMILES string of the molecule is Cc1nc(-c2cccs2)sc1C(=O)NCCc1ccsc1. The third-order valence-corrected chi connectivity index (χ3v) is 5.94. The summed E-state index contributed by atoms with van der Waals surface area (Å²) in [6.45, 7) is 2.54. The summed E-state index contributed by atoms with van der Waals surface area (Å²) in [6.07, 6.45) is 0.866. The maximum atomic E-state index is 12.2. The van der Waals surface area contributed by atoms with Gasteiger partial charge in [-0.25, -0.2) is 4.98 Å². The number of aromatic nitrogens is 1. The number of rotatable bonds is 5. The van der Waals surface area contributed by atoms with E-state index >= 15 is 0 Å². The van der Waals surface area contributed by atoms with Crippen LogP contribution in [0.3, 0.4) is 0 Å². The predicted molar refractivity (Wildman–Crippen MR) is 90.5 cm³/mol. The molecule has 0 aliphatic rings. The van der Waals surface area contributed by atoms with Crippen LogP contribution in [0, 0.1) is 6.92 Å². The molecule has 0 aliphatic carbocycles. The monoisotopic (exact) mass is 334 g/mol. The van der Waals surface area contributed by atoms with Crippen LogP contribution in [0.25, 0.3) is 9.88 Å². The third-order valence-electron chi connectivity index (χ3n) is 3.01. The lowest BCUT2D eigenvalue weighted by Crippen LogP contribution is -2.25. The fourth-order valence-corrected chi connectivity index (χ4v) is 4.43. The first-order chi connectivity index (χ1) is 10.2. The molecule has 3 aromatic rings. The van der Waals surface area contributed by atoms with Crippen molar-refractivity contribution in [1.29, 1.82) is 0 Å². The molecule has 21 heavy (non-hydrogen) atoms. The van der Waals surface area contributed by atoms with E-state index < -0.39 is 0 Å². The van der Waals surface area contributed by atoms with Crippen molar-refractivity contribution in [2.45, 2.75) is 13.3 Å². The van der Waals surface area contributed by atoms with Gasteiger partial charge in [-0.05, 0) is 47.2 Å². The standard InChI is InChI=1S/C15H14N2OS3/c1-10-13(21-15(17-10)12-3-2-7-20-12)14(18)16-6-4-11-5-8-19-9-11/h2-3,5,7-9H,4,6H2,1H3,(H,16,18). The molecular weight excluding hydrogens is 320 g/mol. The fraction of sp³-hybridized carbons (Fsp3) is 0.200. The molecule has 0 unspecified atom stereocenters. The quantitative estimate of drug-likeness (QED) is 0.759. The Balaban J connectivity index is 1.64. The van der Waals surface area contributed by atoms with Crippen molar-refractivity contribution in [3.05, 3.63) is 50.5 Å². The normalized spacial score (nSPS) is 10.7. The van der Waals surface area contributed by atoms with E-state index in [0.717, 1.165) is 22.0 Å². The lowest BCUT2D eigenvalue weighted by atomic mass is 10.2. The molecule has 1 amide bonds. The second kappa shape index (κ2) is 6.51. The second-order valence-corrected chi connectivity index (χ2v) is 7.28. The van der Waals surface area contributed by atoms with Gasteiger partial charge in [-0.15, -0.1) is 22.7 Å². The molecule has 0 bridgehead atoms. The van der Waals surface area contributed by atoms with Crippen LogP contribution in [0.5, 0.6) is 0 Å². The zero-order valence-corrected chi connectivity index (χ0v) is 13.9. The van der Waals surface area contributed by atoms with Gasteiger partial charge in [0.05, 0.1) is 10.6 Å². The molecule has 0 saturated heterocycles. The van der Waals surface area contributed by atoms with Gasteiger partial charge in [0.1, 0.15) is 9.88 Å². The van der Waals surface area contributed by atoms with Crippen molar-refractivity contribution in [3.8, 4) is 9.88 Å². The molecule has 3 aromatic heterocycles. The number of hydrogen-bond donors (Lipinski definition) is 1. The van der Waals surface area contributed by atoms with Gasteiger partial charge in [0.2, 0.25) is 0 Å². The van der Waals surface area contributed by atoms with E-state index in [1.54, 1.807) is 22.7 Å². The van der Waals surface area contributed by atoms with Crippen LogP contribution in [0.15, 0.2) is 34.3 Å². The minimum atomic E-state index is -0.0250. The largest absolute Gasteiger partial charge is 0.351 e. The van der Waals surface area contributed by atoms with Gasteiger partial charge in [0, 0.05) is 6.54 Å². The molecule has 108 valence electrons. The highest BCUT2D eigenvalue weighted by Gasteiger charge is 2.16. The third kappa shape index (κ3) is 3.40. The van der Waals surface area contributed by atoms with Crippen LogP contribution in [0.1, 0.15) is 20.9 Å². The van der Waals surface area contributed by atoms with E-state index in [1.807, 2.05) is 24.4 Å². The predicted octanol–water partition coefficient (Wildman–Crippen LogP) is 4.21. The van der Waals surface area contributed by atoms with E-state index in [1.165, 1.54) is 16.9 Å². The second-order valence-electron chi connectivity index (χ2n) is 4.55. The molecule has 3 rings (SSSR count). The zero-order chi connectivity index (χ0) is 14.7. The molecule has 3 nitrogen and oxygen atoms in total. The van der Waals surface area contributed by atoms with Crippen molar-refractivity contribution in [1.82, 2.24) is 10.3 Å². The number of hydrogen-bond acceptors (Lipinski definition) is 5. The molecular formula is C15H14N2OS3. The highest BCUT2D eigenvalue weighted by atomic mass is 32.1. The summed E-state index contributed by atoms with van der Waals surface area (Å²) < 4.78 is 0. The van der Waals surface area contributed by atoms with Crippen molar-refractivity contribution in [2.24, 2.45) is 0 Å². The molecule has 1 N–H and O–H groups in total. The maximum absolute atomic E-state index is 12.2. The number of nitrogens with one attached hydrogen (secondary N) is 1. The van der Waals surface area contributed by atoms with Gasteiger partial charge >= 0.3 is 0 Å². The summed E-state index contributed by atoms with van der Waals surface area (Å²) in [7, 11) is 0. The molecule has 0 atom stereocenters. The molecule has 0 spiro atoms. The van der Waals surface area contributed by atoms with E-state index in [4.69, 9.17) is 0 Å². The lowest BCUT2D eigenvalue weighted by molar-refractivity contribution is 0.0957. The Bertz CT molecular complexity index is 714. The Morgan fingerprint density at radius 3 is 2.95 bits per heavy atom. The molecule has 0 aromatic carbocycles. The van der Waals surface area contributed by atoms with Crippen LogP contribution in [-0.2, 0) is 6.42 Å². The van der Waals surface area contributed by atoms with Crippen LogP contribution in [0.2, 0.25) is 0 Å². The van der Waals surface area contributed by atoms with Crippen molar-refractivity contribution in [3.63, 3.8) is 0 Å². The van der Waals surface area contributed by atoms with Gasteiger partial charge in [0.25, 0.3) is 5.91 Å². The van der Waals surface area contributed by atoms with Crippen LogP contribution >= 0.6 is 34.0 Å². The highest BCUT2D eigenvalue weighted by Crippen LogP contribution is 2.30. The number of amides is 1. The van der Waals surface area contributed by atoms with Crippen LogP contribution < -0.4 is 5.32 Å². The van der Waals surface area contributed by atoms with Crippen LogP contribution in [-0.4, -0.2) is 17.4 Å². The Morgan fingerprint density at radius 1 is 1.33 bits per heavy atom. The molecule has 6 heteroatoms. The minimum Gasteiger partial charge on any atom is -0.351 e. The Hall–Kier alpha value is -1.50. The summed E-state index contributed by atoms with van der Waals surface area (Å²) in [6, 6.07) is 6.11. The van der Waals surface area contributed by atoms with Gasteiger partial charge in [-0.1, -0.05) is 6.07 Å². The molecule has 0 saturated carbocycles. The Morgan fingerprint density at radius 2 is 2.24 bits per heavy atom. The summed E-state index contributed by atoms with van der Waals surface area (Å²) in [5, 5.41) is 10.1. The average Bonchev–Trinajstić information content (AvgIpc) is 3.19. The first kappa shape index (κ1) is 14.4. The summed E-state index contributed by atoms with van der Waals surface area (Å²) in [4.78, 5) is 18.6. The van der Waals surface area contributed by atoms with Crippen molar-refractivity contribution < 1.29 is 4.79 Å². The molecule has 0 fully saturated rings. The zero-order valence-electron chi connectivity index (χ0n) is 11.5. The number of thiazole rings is 1. The lowest BCUT2D eigenvalue weighted by Gasteiger charge is -2.02. The Kier molecular flexibility index (Phi) is 4.48. The number of carbonyl (C=O) groups excluding carboxylic acids is 1. The van der Waals surface area contributed by atoms with Gasteiger partial charge < -0.3 is 5.32 Å². The molecule has 0 aliphatic heterocycles. The van der Waals surface area contributed by atoms with E-state index in [2.05, 4.69) is 27.1 Å². The molecule has 0 radical (unpaired) electrons. The maximum Gasteiger partial charge on any atom is 0.263 e. The number of thiophene rings is 2. The van der Waals surface area contributed by atoms with Gasteiger partial charge in [0.15, 0.2) is 0 Å². The number of nitrogens with zero attached hydrogens (tertiary/aromatic N) is 1. The first-order valence-corrected chi connectivity index (χ1v) is 9.18. The molecule has 3 heterocycles. The smallest absolute Gasteiger partial charge is 0.263 e. The average molecular weight is 334 g/mol. The fourth-order valence-electron chi connectivity index (χ4n) is 1.95. The van der Waals surface area contributed by atoms with E-state index in [0.29, 0.717) is 11.4 Å². The van der Waals surface area contributed by atoms with Crippen molar-refractivity contribution in [2.75, 3.05) is 6.54 Å². The van der Waals surface area contributed by atoms with E-state index in [9.17, 15) is 4.79 Å². The first-order valence-electron chi connectivity index (χ1n) is 6.54. The summed E-state index contributed by atoms with van der Waals surface area (Å²) >= 11 is 4.79. The minimum absolute atomic E-state index is 0.0250. The van der Waals surface area contributed by atoms with Gasteiger partial charge in [-0.3, -0.25) is 4.79 Å². The van der Waals surface area contributed by atoms with Gasteiger partial charge in [-0.2, -0.15) is 11.3 Å². The number of aryl methyl sites for hydroxylation is 1. The highest BCUT2D eigenvalue weighted by molar-refractivity contribution is 7.22. The summed E-state index contributed by atoms with van der Waals surface area (Å²) in [5.74, 6) is -0.0250. The topological polar surface area (TPSA) is 42.0 Å². The Labute approximate surface area is 135 Å². The van der Waals surface area contributed by atoms with Crippen LogP contribution in [0.4, 0.5) is 0 Å². The number of carbonyl (C=O) groups is 1. The van der Waals surface area contributed by atoms with Crippen molar-refractivity contribution >= 4 is 39.9 Å².